The second kappa shape index (κ2) is 3.87. The van der Waals surface area contributed by atoms with Crippen molar-refractivity contribution >= 4 is 15.9 Å². The molecule has 1 aromatic carbocycles. The van der Waals surface area contributed by atoms with Crippen molar-refractivity contribution < 1.29 is 9.50 Å². The highest BCUT2D eigenvalue weighted by molar-refractivity contribution is 9.10. The monoisotopic (exact) mass is 261 g/mol. The smallest absolute Gasteiger partial charge is 0.137 e. The molecular formula is C10H13BrFNO. The molecular weight excluding hydrogens is 249 g/mol. The summed E-state index contributed by atoms with van der Waals surface area (Å²) in [5.41, 5.74) is 5.84. The minimum Gasteiger partial charge on any atom is -0.508 e. The average molecular weight is 262 g/mol. The Bertz CT molecular complexity index is 347. The van der Waals surface area contributed by atoms with Crippen molar-refractivity contribution in [1.29, 1.82) is 0 Å². The predicted molar refractivity (Wildman–Crippen MR) is 57.7 cm³/mol. The first-order valence-corrected chi connectivity index (χ1v) is 5.05. The summed E-state index contributed by atoms with van der Waals surface area (Å²) in [5, 5.41) is 9.53. The highest BCUT2D eigenvalue weighted by Crippen LogP contribution is 2.27. The molecule has 0 heterocycles. The average Bonchev–Trinajstić information content (AvgIpc) is 1.97. The number of halogens is 2. The van der Waals surface area contributed by atoms with Gasteiger partial charge in [-0.2, -0.15) is 0 Å². The van der Waals surface area contributed by atoms with E-state index in [1.807, 2.05) is 13.8 Å². The van der Waals surface area contributed by atoms with Crippen LogP contribution >= 0.6 is 15.9 Å². The van der Waals surface area contributed by atoms with E-state index in [1.165, 1.54) is 12.1 Å². The topological polar surface area (TPSA) is 46.2 Å². The molecule has 0 amide bonds. The van der Waals surface area contributed by atoms with Crippen LogP contribution in [0, 0.1) is 5.82 Å². The van der Waals surface area contributed by atoms with Gasteiger partial charge in [-0.25, -0.2) is 4.39 Å². The molecule has 3 N–H and O–H groups in total. The lowest BCUT2D eigenvalue weighted by Gasteiger charge is -2.19. The van der Waals surface area contributed by atoms with E-state index in [4.69, 9.17) is 5.73 Å². The van der Waals surface area contributed by atoms with Crippen LogP contribution in [-0.4, -0.2) is 10.6 Å². The first-order chi connectivity index (χ1) is 6.29. The molecule has 0 aliphatic carbocycles. The molecule has 0 spiro atoms. The minimum atomic E-state index is -0.461. The molecule has 1 rings (SSSR count). The zero-order chi connectivity index (χ0) is 10.9. The molecule has 0 bridgehead atoms. The van der Waals surface area contributed by atoms with Gasteiger partial charge in [-0.1, -0.05) is 0 Å². The highest BCUT2D eigenvalue weighted by atomic mass is 79.9. The Kier molecular flexibility index (Phi) is 3.17. The molecule has 0 aliphatic rings. The van der Waals surface area contributed by atoms with Crippen LogP contribution in [0.5, 0.6) is 5.75 Å². The quantitative estimate of drug-likeness (QED) is 0.860. The third kappa shape index (κ3) is 2.96. The van der Waals surface area contributed by atoms with E-state index in [9.17, 15) is 9.50 Å². The number of hydrogen-bond acceptors (Lipinski definition) is 2. The Balaban J connectivity index is 3.04. The van der Waals surface area contributed by atoms with Gasteiger partial charge in [0.2, 0.25) is 0 Å². The van der Waals surface area contributed by atoms with Crippen LogP contribution in [0.3, 0.4) is 0 Å². The van der Waals surface area contributed by atoms with E-state index in [2.05, 4.69) is 15.9 Å². The maximum absolute atomic E-state index is 13.1. The largest absolute Gasteiger partial charge is 0.508 e. The molecule has 2 nitrogen and oxygen atoms in total. The van der Waals surface area contributed by atoms with Crippen LogP contribution in [0.4, 0.5) is 4.39 Å². The van der Waals surface area contributed by atoms with E-state index in [1.54, 1.807) is 0 Å². The molecule has 0 fully saturated rings. The number of hydrogen-bond donors (Lipinski definition) is 2. The lowest BCUT2D eigenvalue weighted by atomic mass is 9.95. The third-order valence-corrected chi connectivity index (χ3v) is 2.38. The summed E-state index contributed by atoms with van der Waals surface area (Å²) in [4.78, 5) is 0. The van der Waals surface area contributed by atoms with E-state index in [-0.39, 0.29) is 16.0 Å². The number of phenolic OH excluding ortho intramolecular Hbond substituents is 1. The molecule has 0 unspecified atom stereocenters. The summed E-state index contributed by atoms with van der Waals surface area (Å²) in [5.74, 6) is -0.321. The Hall–Kier alpha value is -0.610. The van der Waals surface area contributed by atoms with Gasteiger partial charge in [-0.05, 0) is 53.9 Å². The van der Waals surface area contributed by atoms with Crippen LogP contribution in [0.25, 0.3) is 0 Å². The van der Waals surface area contributed by atoms with E-state index < -0.39 is 5.54 Å². The van der Waals surface area contributed by atoms with Crippen LogP contribution in [-0.2, 0) is 6.42 Å². The fourth-order valence-electron chi connectivity index (χ4n) is 1.21. The number of benzene rings is 1. The van der Waals surface area contributed by atoms with Crippen molar-refractivity contribution in [2.24, 2.45) is 5.73 Å². The van der Waals surface area contributed by atoms with Gasteiger partial charge in [-0.3, -0.25) is 0 Å². The predicted octanol–water partition coefficient (Wildman–Crippen LogP) is 2.57. The SMILES string of the molecule is CC(C)(N)Cc1cc(F)c(Br)cc1O. The molecule has 0 saturated carbocycles. The van der Waals surface area contributed by atoms with E-state index in [0.29, 0.717) is 12.0 Å². The van der Waals surface area contributed by atoms with Crippen LogP contribution in [0.2, 0.25) is 0 Å². The van der Waals surface area contributed by atoms with Gasteiger partial charge in [0.25, 0.3) is 0 Å². The summed E-state index contributed by atoms with van der Waals surface area (Å²) in [6, 6.07) is 2.64. The van der Waals surface area contributed by atoms with Gasteiger partial charge in [0.15, 0.2) is 0 Å². The first-order valence-electron chi connectivity index (χ1n) is 4.25. The number of phenols is 1. The van der Waals surface area contributed by atoms with Gasteiger partial charge in [-0.15, -0.1) is 0 Å². The first kappa shape index (κ1) is 11.5. The van der Waals surface area contributed by atoms with Crippen molar-refractivity contribution in [3.63, 3.8) is 0 Å². The zero-order valence-corrected chi connectivity index (χ0v) is 9.73. The Morgan fingerprint density at radius 1 is 1.50 bits per heavy atom. The summed E-state index contributed by atoms with van der Waals surface area (Å²) in [7, 11) is 0. The maximum Gasteiger partial charge on any atom is 0.137 e. The molecule has 0 radical (unpaired) electrons. The fraction of sp³-hybridized carbons (Fsp3) is 0.400. The van der Waals surface area contributed by atoms with Gasteiger partial charge in [0.1, 0.15) is 11.6 Å². The van der Waals surface area contributed by atoms with Gasteiger partial charge in [0.05, 0.1) is 4.47 Å². The standard InChI is InChI=1S/C10H13BrFNO/c1-10(2,13)5-6-3-8(12)7(11)4-9(6)14/h3-4,14H,5,13H2,1-2H3. The fourth-order valence-corrected chi connectivity index (χ4v) is 1.54. The Morgan fingerprint density at radius 3 is 2.57 bits per heavy atom. The van der Waals surface area contributed by atoms with E-state index in [0.717, 1.165) is 0 Å². The molecule has 0 aromatic heterocycles. The summed E-state index contributed by atoms with van der Waals surface area (Å²) in [6.07, 6.45) is 0.434. The van der Waals surface area contributed by atoms with Crippen LogP contribution < -0.4 is 5.73 Å². The lowest BCUT2D eigenvalue weighted by Crippen LogP contribution is -2.34. The second-order valence-electron chi connectivity index (χ2n) is 4.06. The van der Waals surface area contributed by atoms with Crippen LogP contribution in [0.1, 0.15) is 19.4 Å². The third-order valence-electron chi connectivity index (χ3n) is 1.77. The normalized spacial score (nSPS) is 11.8. The van der Waals surface area contributed by atoms with Crippen molar-refractivity contribution in [3.05, 3.63) is 28.0 Å². The summed E-state index contributed by atoms with van der Waals surface area (Å²) >= 11 is 2.99. The number of nitrogens with two attached hydrogens (primary N) is 1. The summed E-state index contributed by atoms with van der Waals surface area (Å²) in [6.45, 7) is 3.65. The van der Waals surface area contributed by atoms with Crippen molar-refractivity contribution in [1.82, 2.24) is 0 Å². The molecule has 0 aliphatic heterocycles. The lowest BCUT2D eigenvalue weighted by molar-refractivity contribution is 0.446. The molecule has 1 aromatic rings. The molecule has 4 heteroatoms. The van der Waals surface area contributed by atoms with Gasteiger partial charge < -0.3 is 10.8 Å². The number of aromatic hydroxyl groups is 1. The van der Waals surface area contributed by atoms with Gasteiger partial charge >= 0.3 is 0 Å². The molecule has 0 atom stereocenters. The van der Waals surface area contributed by atoms with Crippen LogP contribution in [0.15, 0.2) is 16.6 Å². The van der Waals surface area contributed by atoms with E-state index >= 15 is 0 Å². The van der Waals surface area contributed by atoms with Gasteiger partial charge in [0, 0.05) is 5.54 Å². The minimum absolute atomic E-state index is 0.0665. The molecule has 78 valence electrons. The Labute approximate surface area is 91.1 Å². The number of rotatable bonds is 2. The van der Waals surface area contributed by atoms with Crippen molar-refractivity contribution in [3.8, 4) is 5.75 Å². The highest BCUT2D eigenvalue weighted by Gasteiger charge is 2.16. The molecule has 14 heavy (non-hydrogen) atoms. The zero-order valence-electron chi connectivity index (χ0n) is 8.14. The summed E-state index contributed by atoms with van der Waals surface area (Å²) < 4.78 is 13.4. The Morgan fingerprint density at radius 2 is 2.07 bits per heavy atom. The maximum atomic E-state index is 13.1. The van der Waals surface area contributed by atoms with Crippen molar-refractivity contribution in [2.45, 2.75) is 25.8 Å². The molecule has 0 saturated heterocycles. The van der Waals surface area contributed by atoms with Crippen molar-refractivity contribution in [2.75, 3.05) is 0 Å². The second-order valence-corrected chi connectivity index (χ2v) is 4.91.